The Balaban J connectivity index is 1.43. The van der Waals surface area contributed by atoms with Gasteiger partial charge in [0.15, 0.2) is 5.58 Å². The molecule has 5 rings (SSSR count). The molecular formula is C22H22N4O7S. The van der Waals surface area contributed by atoms with Crippen molar-refractivity contribution in [3.05, 3.63) is 62.6 Å². The molecular weight excluding hydrogens is 464 g/mol. The molecule has 1 amide bonds. The molecule has 0 unspecified atom stereocenters. The SMILES string of the molecule is O=C(Cn1c(=O)oc2cc([N+](=O)[O-])ccc21)N1CCCc2cc(S(=O)(=O)N3CCCC3)ccc21. The lowest BCUT2D eigenvalue weighted by molar-refractivity contribution is -0.384. The van der Waals surface area contributed by atoms with Gasteiger partial charge in [0.1, 0.15) is 6.54 Å². The van der Waals surface area contributed by atoms with Crippen LogP contribution in [0.4, 0.5) is 11.4 Å². The Kier molecular flexibility index (Phi) is 5.48. The third kappa shape index (κ3) is 3.78. The molecule has 0 bridgehead atoms. The smallest absolute Gasteiger partial charge is 0.407 e. The third-order valence-electron chi connectivity index (χ3n) is 6.33. The fourth-order valence-electron chi connectivity index (χ4n) is 4.61. The van der Waals surface area contributed by atoms with E-state index in [2.05, 4.69) is 0 Å². The zero-order valence-corrected chi connectivity index (χ0v) is 19.0. The van der Waals surface area contributed by atoms with Crippen LogP contribution in [0.5, 0.6) is 0 Å². The van der Waals surface area contributed by atoms with Gasteiger partial charge in [-0.25, -0.2) is 13.2 Å². The van der Waals surface area contributed by atoms with Crippen LogP contribution in [-0.2, 0) is 27.8 Å². The van der Waals surface area contributed by atoms with Crippen LogP contribution in [-0.4, -0.2) is 47.8 Å². The minimum absolute atomic E-state index is 0.0304. The van der Waals surface area contributed by atoms with E-state index in [0.717, 1.165) is 29.0 Å². The highest BCUT2D eigenvalue weighted by atomic mass is 32.2. The number of non-ortho nitro benzene ring substituents is 1. The van der Waals surface area contributed by atoms with Gasteiger partial charge in [-0.3, -0.25) is 19.5 Å². The number of aryl methyl sites for hydroxylation is 1. The maximum Gasteiger partial charge on any atom is 0.420 e. The van der Waals surface area contributed by atoms with Gasteiger partial charge in [0.05, 0.1) is 21.4 Å². The predicted molar refractivity (Wildman–Crippen MR) is 122 cm³/mol. The molecule has 12 heteroatoms. The zero-order valence-electron chi connectivity index (χ0n) is 18.2. The van der Waals surface area contributed by atoms with E-state index in [1.165, 1.54) is 22.5 Å². The molecule has 0 saturated carbocycles. The zero-order chi connectivity index (χ0) is 24.0. The molecule has 1 aromatic heterocycles. The van der Waals surface area contributed by atoms with E-state index in [4.69, 9.17) is 4.42 Å². The highest BCUT2D eigenvalue weighted by molar-refractivity contribution is 7.89. The summed E-state index contributed by atoms with van der Waals surface area (Å²) >= 11 is 0. The molecule has 1 fully saturated rings. The van der Waals surface area contributed by atoms with Crippen LogP contribution in [0.25, 0.3) is 11.1 Å². The van der Waals surface area contributed by atoms with Crippen molar-refractivity contribution in [1.29, 1.82) is 0 Å². The maximum absolute atomic E-state index is 13.2. The minimum Gasteiger partial charge on any atom is -0.407 e. The lowest BCUT2D eigenvalue weighted by atomic mass is 10.0. The van der Waals surface area contributed by atoms with Gasteiger partial charge < -0.3 is 9.32 Å². The number of sulfonamides is 1. The van der Waals surface area contributed by atoms with Gasteiger partial charge in [0, 0.05) is 31.4 Å². The Morgan fingerprint density at radius 1 is 1.06 bits per heavy atom. The second-order valence-electron chi connectivity index (χ2n) is 8.41. The summed E-state index contributed by atoms with van der Waals surface area (Å²) in [4.78, 5) is 37.7. The molecule has 2 aliphatic rings. The summed E-state index contributed by atoms with van der Waals surface area (Å²) in [5.41, 5.74) is 1.48. The van der Waals surface area contributed by atoms with Crippen molar-refractivity contribution in [2.24, 2.45) is 0 Å². The largest absolute Gasteiger partial charge is 0.420 e. The Morgan fingerprint density at radius 3 is 2.56 bits per heavy atom. The first-order valence-corrected chi connectivity index (χ1v) is 12.4. The second-order valence-corrected chi connectivity index (χ2v) is 10.4. The summed E-state index contributed by atoms with van der Waals surface area (Å²) in [7, 11) is -3.57. The molecule has 0 N–H and O–H groups in total. The van der Waals surface area contributed by atoms with Gasteiger partial charge in [0.25, 0.3) is 5.69 Å². The van der Waals surface area contributed by atoms with Crippen molar-refractivity contribution in [1.82, 2.24) is 8.87 Å². The molecule has 34 heavy (non-hydrogen) atoms. The number of carbonyl (C=O) groups excluding carboxylic acids is 1. The first-order valence-electron chi connectivity index (χ1n) is 11.0. The lowest BCUT2D eigenvalue weighted by Gasteiger charge is -2.30. The molecule has 11 nitrogen and oxygen atoms in total. The molecule has 0 aliphatic carbocycles. The van der Waals surface area contributed by atoms with E-state index < -0.39 is 20.7 Å². The van der Waals surface area contributed by atoms with Crippen molar-refractivity contribution >= 4 is 38.4 Å². The summed E-state index contributed by atoms with van der Waals surface area (Å²) in [5, 5.41) is 11.0. The quantitative estimate of drug-likeness (QED) is 0.399. The number of nitro groups is 1. The summed E-state index contributed by atoms with van der Waals surface area (Å²) in [6.45, 7) is 1.15. The molecule has 2 aromatic carbocycles. The van der Waals surface area contributed by atoms with Crippen LogP contribution in [0.3, 0.4) is 0 Å². The maximum atomic E-state index is 13.2. The minimum atomic E-state index is -3.57. The topological polar surface area (TPSA) is 136 Å². The fourth-order valence-corrected chi connectivity index (χ4v) is 6.18. The van der Waals surface area contributed by atoms with Crippen LogP contribution in [0, 0.1) is 10.1 Å². The number of carbonyl (C=O) groups is 1. The number of rotatable bonds is 5. The average molecular weight is 487 g/mol. The van der Waals surface area contributed by atoms with Crippen molar-refractivity contribution in [2.45, 2.75) is 37.1 Å². The van der Waals surface area contributed by atoms with Gasteiger partial charge in [-0.1, -0.05) is 0 Å². The van der Waals surface area contributed by atoms with Gasteiger partial charge in [0.2, 0.25) is 15.9 Å². The number of anilines is 1. The summed E-state index contributed by atoms with van der Waals surface area (Å²) in [6, 6.07) is 8.59. The van der Waals surface area contributed by atoms with Crippen molar-refractivity contribution in [3.8, 4) is 0 Å². The Hall–Kier alpha value is -3.51. The highest BCUT2D eigenvalue weighted by Gasteiger charge is 2.30. The molecule has 3 aromatic rings. The number of aromatic nitrogens is 1. The normalized spacial score (nSPS) is 16.6. The third-order valence-corrected chi connectivity index (χ3v) is 8.22. The Bertz CT molecular complexity index is 1470. The standard InChI is InChI=1S/C22H22N4O7S/c27-21(14-25-19-7-5-16(26(29)30)13-20(19)33-22(25)28)24-11-3-4-15-12-17(6-8-18(15)24)34(31,32)23-9-1-2-10-23/h5-8,12-13H,1-4,9-11,14H2. The summed E-state index contributed by atoms with van der Waals surface area (Å²) < 4.78 is 33.6. The van der Waals surface area contributed by atoms with E-state index >= 15 is 0 Å². The lowest BCUT2D eigenvalue weighted by Crippen LogP contribution is -2.39. The Morgan fingerprint density at radius 2 is 1.82 bits per heavy atom. The van der Waals surface area contributed by atoms with Crippen LogP contribution >= 0.6 is 0 Å². The fraction of sp³-hybridized carbons (Fsp3) is 0.364. The van der Waals surface area contributed by atoms with Gasteiger partial charge >= 0.3 is 5.76 Å². The van der Waals surface area contributed by atoms with Crippen LogP contribution in [0.2, 0.25) is 0 Å². The number of fused-ring (bicyclic) bond motifs is 2. The van der Waals surface area contributed by atoms with E-state index in [1.807, 2.05) is 0 Å². The van der Waals surface area contributed by atoms with Crippen molar-refractivity contribution in [2.75, 3.05) is 24.5 Å². The number of benzene rings is 2. The van der Waals surface area contributed by atoms with Gasteiger partial charge in [-0.2, -0.15) is 4.31 Å². The number of hydrogen-bond acceptors (Lipinski definition) is 7. The monoisotopic (exact) mass is 486 g/mol. The number of amides is 1. The summed E-state index contributed by atoms with van der Waals surface area (Å²) in [6.07, 6.45) is 2.99. The average Bonchev–Trinajstić information content (AvgIpc) is 3.47. The molecule has 3 heterocycles. The summed E-state index contributed by atoms with van der Waals surface area (Å²) in [5.74, 6) is -1.15. The number of hydrogen-bond donors (Lipinski definition) is 0. The first-order chi connectivity index (χ1) is 16.3. The molecule has 178 valence electrons. The second kappa shape index (κ2) is 8.37. The van der Waals surface area contributed by atoms with E-state index in [-0.39, 0.29) is 34.1 Å². The number of nitro benzene ring substituents is 1. The van der Waals surface area contributed by atoms with Gasteiger partial charge in [-0.15, -0.1) is 0 Å². The molecule has 0 spiro atoms. The van der Waals surface area contributed by atoms with Crippen LogP contribution < -0.4 is 10.7 Å². The number of oxazole rings is 1. The van der Waals surface area contributed by atoms with E-state index in [1.54, 1.807) is 17.0 Å². The van der Waals surface area contributed by atoms with Crippen molar-refractivity contribution in [3.63, 3.8) is 0 Å². The highest BCUT2D eigenvalue weighted by Crippen LogP contribution is 2.31. The van der Waals surface area contributed by atoms with Crippen LogP contribution in [0.1, 0.15) is 24.8 Å². The van der Waals surface area contributed by atoms with E-state index in [0.29, 0.717) is 38.2 Å². The molecule has 2 aliphatic heterocycles. The molecule has 0 atom stereocenters. The van der Waals surface area contributed by atoms with Crippen molar-refractivity contribution < 1.29 is 22.6 Å². The predicted octanol–water partition coefficient (Wildman–Crippen LogP) is 2.27. The Labute approximate surface area is 194 Å². The first kappa shape index (κ1) is 22.3. The number of nitrogens with zero attached hydrogens (tertiary/aromatic N) is 4. The van der Waals surface area contributed by atoms with Gasteiger partial charge in [-0.05, 0) is 55.5 Å². The molecule has 1 saturated heterocycles. The van der Waals surface area contributed by atoms with Crippen LogP contribution in [0.15, 0.2) is 50.5 Å². The van der Waals surface area contributed by atoms with E-state index in [9.17, 15) is 28.1 Å². The molecule has 0 radical (unpaired) electrons.